The SMILES string of the molecule is CC(=O)c1ccc(-c2ccc(-c3cc(C(C)=O)c4ccccc4n3)cc2)cc1.CCC=O.CO. The third-order valence-electron chi connectivity index (χ3n) is 5.07. The number of benzene rings is 3. The van der Waals surface area contributed by atoms with Gasteiger partial charge in [-0.2, -0.15) is 0 Å². The van der Waals surface area contributed by atoms with Gasteiger partial charge in [0.1, 0.15) is 6.29 Å². The lowest BCUT2D eigenvalue weighted by atomic mass is 9.99. The van der Waals surface area contributed by atoms with E-state index in [1.807, 2.05) is 85.8 Å². The van der Waals surface area contributed by atoms with Crippen molar-refractivity contribution < 1.29 is 19.5 Å². The van der Waals surface area contributed by atoms with Crippen LogP contribution in [-0.2, 0) is 4.79 Å². The lowest BCUT2D eigenvalue weighted by Gasteiger charge is -2.09. The molecular weight excluding hydrogens is 426 g/mol. The van der Waals surface area contributed by atoms with Crippen molar-refractivity contribution in [2.24, 2.45) is 0 Å². The highest BCUT2D eigenvalue weighted by atomic mass is 16.2. The number of aldehydes is 1. The summed E-state index contributed by atoms with van der Waals surface area (Å²) in [5, 5.41) is 7.88. The quantitative estimate of drug-likeness (QED) is 0.287. The molecule has 0 atom stereocenters. The molecule has 5 heteroatoms. The number of carbonyl (C=O) groups excluding carboxylic acids is 3. The molecule has 1 heterocycles. The number of rotatable bonds is 5. The van der Waals surface area contributed by atoms with Gasteiger partial charge in [-0.25, -0.2) is 4.98 Å². The maximum absolute atomic E-state index is 12.1. The van der Waals surface area contributed by atoms with Crippen molar-refractivity contribution in [3.8, 4) is 22.4 Å². The number of carbonyl (C=O) groups is 3. The van der Waals surface area contributed by atoms with Gasteiger partial charge in [0.15, 0.2) is 11.6 Å². The molecule has 0 amide bonds. The molecule has 5 nitrogen and oxygen atoms in total. The first-order valence-electron chi connectivity index (χ1n) is 11.0. The van der Waals surface area contributed by atoms with Crippen molar-refractivity contribution in [3.05, 3.63) is 90.0 Å². The summed E-state index contributed by atoms with van der Waals surface area (Å²) in [6.45, 7) is 4.96. The summed E-state index contributed by atoms with van der Waals surface area (Å²) < 4.78 is 0. The minimum atomic E-state index is 0.0297. The van der Waals surface area contributed by atoms with E-state index in [0.717, 1.165) is 46.7 Å². The predicted molar refractivity (Wildman–Crippen MR) is 137 cm³/mol. The van der Waals surface area contributed by atoms with Crippen LogP contribution in [0.3, 0.4) is 0 Å². The minimum Gasteiger partial charge on any atom is -0.400 e. The molecule has 174 valence electrons. The molecule has 0 spiro atoms. The van der Waals surface area contributed by atoms with Crippen LogP contribution >= 0.6 is 0 Å². The number of ketones is 2. The van der Waals surface area contributed by atoms with Gasteiger partial charge < -0.3 is 9.90 Å². The van der Waals surface area contributed by atoms with Gasteiger partial charge in [0.25, 0.3) is 0 Å². The zero-order valence-corrected chi connectivity index (χ0v) is 19.9. The van der Waals surface area contributed by atoms with Gasteiger partial charge in [-0.3, -0.25) is 9.59 Å². The molecule has 0 aliphatic carbocycles. The zero-order chi connectivity index (χ0) is 25.1. The number of hydrogen-bond acceptors (Lipinski definition) is 5. The van der Waals surface area contributed by atoms with Crippen molar-refractivity contribution in [1.29, 1.82) is 0 Å². The first kappa shape index (κ1) is 26.3. The Bertz CT molecular complexity index is 1260. The number of Topliss-reactive ketones (excluding diaryl/α,β-unsaturated/α-hetero) is 2. The molecule has 0 aliphatic rings. The van der Waals surface area contributed by atoms with E-state index in [2.05, 4.69) is 0 Å². The van der Waals surface area contributed by atoms with Crippen LogP contribution < -0.4 is 0 Å². The molecule has 1 N–H and O–H groups in total. The van der Waals surface area contributed by atoms with Crippen molar-refractivity contribution >= 4 is 28.8 Å². The highest BCUT2D eigenvalue weighted by Gasteiger charge is 2.11. The van der Waals surface area contributed by atoms with E-state index < -0.39 is 0 Å². The molecule has 0 saturated carbocycles. The number of pyridine rings is 1. The minimum absolute atomic E-state index is 0.0297. The number of hydrogen-bond donors (Lipinski definition) is 1. The fourth-order valence-electron chi connectivity index (χ4n) is 3.35. The Labute approximate surface area is 200 Å². The number of aromatic nitrogens is 1. The summed E-state index contributed by atoms with van der Waals surface area (Å²) in [5.41, 5.74) is 6.05. The standard InChI is InChI=1S/C25H19NO2.C3H6O.CH4O/c1-16(27)18-7-9-19(10-8-18)20-11-13-21(14-12-20)25-15-23(17(2)28)22-5-3-4-6-24(22)26-25;1-2-3-4;1-2/h3-15H,1-2H3;3H,2H2,1H3;2H,1H3. The Morgan fingerprint density at radius 3 is 1.79 bits per heavy atom. The van der Waals surface area contributed by atoms with Gasteiger partial charge in [0, 0.05) is 35.6 Å². The van der Waals surface area contributed by atoms with Crippen LogP contribution in [0.2, 0.25) is 0 Å². The predicted octanol–water partition coefficient (Wildman–Crippen LogP) is 6.18. The maximum Gasteiger partial charge on any atom is 0.160 e. The van der Waals surface area contributed by atoms with Gasteiger partial charge in [-0.05, 0) is 37.1 Å². The number of fused-ring (bicyclic) bond motifs is 1. The summed E-state index contributed by atoms with van der Waals surface area (Å²) in [4.78, 5) is 37.4. The van der Waals surface area contributed by atoms with Crippen LogP contribution in [0.1, 0.15) is 47.9 Å². The number of aliphatic hydroxyl groups is 1. The Kier molecular flexibility index (Phi) is 9.99. The smallest absolute Gasteiger partial charge is 0.160 e. The molecule has 4 aromatic rings. The number of para-hydroxylation sites is 1. The van der Waals surface area contributed by atoms with Crippen LogP contribution in [0.5, 0.6) is 0 Å². The van der Waals surface area contributed by atoms with Crippen LogP contribution in [0.15, 0.2) is 78.9 Å². The number of aliphatic hydroxyl groups excluding tert-OH is 1. The largest absolute Gasteiger partial charge is 0.400 e. The molecule has 0 fully saturated rings. The van der Waals surface area contributed by atoms with Gasteiger partial charge in [0.2, 0.25) is 0 Å². The lowest BCUT2D eigenvalue weighted by molar-refractivity contribution is -0.107. The van der Waals surface area contributed by atoms with Gasteiger partial charge in [-0.1, -0.05) is 73.7 Å². The Morgan fingerprint density at radius 2 is 1.29 bits per heavy atom. The molecule has 0 radical (unpaired) electrons. The summed E-state index contributed by atoms with van der Waals surface area (Å²) in [7, 11) is 1.00. The fourth-order valence-corrected chi connectivity index (χ4v) is 3.35. The van der Waals surface area contributed by atoms with Gasteiger partial charge in [0.05, 0.1) is 11.2 Å². The van der Waals surface area contributed by atoms with Gasteiger partial charge >= 0.3 is 0 Å². The first-order chi connectivity index (χ1) is 16.4. The monoisotopic (exact) mass is 455 g/mol. The third-order valence-corrected chi connectivity index (χ3v) is 5.07. The van der Waals surface area contributed by atoms with Crippen molar-refractivity contribution in [3.63, 3.8) is 0 Å². The van der Waals surface area contributed by atoms with E-state index in [1.165, 1.54) is 0 Å². The molecule has 1 aromatic heterocycles. The summed E-state index contributed by atoms with van der Waals surface area (Å²) >= 11 is 0. The fraction of sp³-hybridized carbons (Fsp3) is 0.172. The highest BCUT2D eigenvalue weighted by molar-refractivity contribution is 6.07. The molecule has 0 unspecified atom stereocenters. The zero-order valence-electron chi connectivity index (χ0n) is 19.9. The second-order valence-electron chi connectivity index (χ2n) is 7.41. The summed E-state index contributed by atoms with van der Waals surface area (Å²) in [5.74, 6) is 0.0904. The maximum atomic E-state index is 12.1. The summed E-state index contributed by atoms with van der Waals surface area (Å²) in [6.07, 6.45) is 1.51. The topological polar surface area (TPSA) is 84.3 Å². The van der Waals surface area contributed by atoms with Crippen molar-refractivity contribution in [2.45, 2.75) is 27.2 Å². The van der Waals surface area contributed by atoms with Crippen LogP contribution in [0.4, 0.5) is 0 Å². The van der Waals surface area contributed by atoms with Crippen LogP contribution in [0.25, 0.3) is 33.3 Å². The van der Waals surface area contributed by atoms with E-state index in [4.69, 9.17) is 10.1 Å². The first-order valence-corrected chi connectivity index (χ1v) is 11.0. The third kappa shape index (κ3) is 6.53. The lowest BCUT2D eigenvalue weighted by Crippen LogP contribution is -1.97. The molecule has 0 bridgehead atoms. The van der Waals surface area contributed by atoms with E-state index >= 15 is 0 Å². The van der Waals surface area contributed by atoms with Crippen molar-refractivity contribution in [2.75, 3.05) is 7.11 Å². The van der Waals surface area contributed by atoms with Crippen molar-refractivity contribution in [1.82, 2.24) is 4.98 Å². The Balaban J connectivity index is 0.000000618. The van der Waals surface area contributed by atoms with E-state index in [9.17, 15) is 14.4 Å². The van der Waals surface area contributed by atoms with Crippen LogP contribution in [-0.4, -0.2) is 35.1 Å². The normalized spacial score (nSPS) is 9.79. The van der Waals surface area contributed by atoms with Gasteiger partial charge in [-0.15, -0.1) is 0 Å². The molecule has 4 rings (SSSR count). The second kappa shape index (κ2) is 12.9. The Morgan fingerprint density at radius 1 is 0.794 bits per heavy atom. The van der Waals surface area contributed by atoms with Crippen LogP contribution in [0, 0.1) is 0 Å². The summed E-state index contributed by atoms with van der Waals surface area (Å²) in [6, 6.07) is 25.2. The number of nitrogens with zero attached hydrogens (tertiary/aromatic N) is 1. The van der Waals surface area contributed by atoms with E-state index in [0.29, 0.717) is 17.5 Å². The molecule has 34 heavy (non-hydrogen) atoms. The van der Waals surface area contributed by atoms with E-state index in [-0.39, 0.29) is 11.6 Å². The molecule has 3 aromatic carbocycles. The average molecular weight is 456 g/mol. The molecule has 0 saturated heterocycles. The average Bonchev–Trinajstić information content (AvgIpc) is 2.89. The Hall–Kier alpha value is -3.96. The second-order valence-corrected chi connectivity index (χ2v) is 7.41. The van der Waals surface area contributed by atoms with E-state index in [1.54, 1.807) is 13.8 Å². The molecular formula is C29H29NO4. The highest BCUT2D eigenvalue weighted by Crippen LogP contribution is 2.28. The molecule has 0 aliphatic heterocycles.